The fraction of sp³-hybridized carbons (Fsp3) is 0.333. The zero-order valence-electron chi connectivity index (χ0n) is 11.2. The minimum Gasteiger partial charge on any atom is -0.288 e. The summed E-state index contributed by atoms with van der Waals surface area (Å²) >= 11 is 7.41. The van der Waals surface area contributed by atoms with Gasteiger partial charge in [-0.25, -0.2) is 4.98 Å². The summed E-state index contributed by atoms with van der Waals surface area (Å²) in [5.41, 5.74) is 1.91. The van der Waals surface area contributed by atoms with Crippen molar-refractivity contribution in [3.05, 3.63) is 34.7 Å². The van der Waals surface area contributed by atoms with Crippen LogP contribution in [-0.4, -0.2) is 17.4 Å². The Kier molecular flexibility index (Phi) is 3.76. The van der Waals surface area contributed by atoms with Crippen molar-refractivity contribution in [2.24, 2.45) is 5.92 Å². The number of hydrogen-bond donors (Lipinski definition) is 0. The molecule has 1 aromatic heterocycles. The Morgan fingerprint density at radius 3 is 2.70 bits per heavy atom. The Labute approximate surface area is 127 Å². The van der Waals surface area contributed by atoms with Crippen LogP contribution in [0.4, 0.5) is 5.13 Å². The molecule has 1 aliphatic rings. The van der Waals surface area contributed by atoms with Crippen molar-refractivity contribution in [3.8, 4) is 11.3 Å². The van der Waals surface area contributed by atoms with E-state index in [2.05, 4.69) is 4.98 Å². The molecule has 0 bridgehead atoms. The highest BCUT2D eigenvalue weighted by molar-refractivity contribution is 7.14. The van der Waals surface area contributed by atoms with E-state index in [1.165, 1.54) is 11.3 Å². The van der Waals surface area contributed by atoms with Gasteiger partial charge in [-0.15, -0.1) is 11.3 Å². The first-order valence-electron chi connectivity index (χ1n) is 6.72. The highest BCUT2D eigenvalue weighted by atomic mass is 35.5. The van der Waals surface area contributed by atoms with Gasteiger partial charge >= 0.3 is 0 Å². The van der Waals surface area contributed by atoms with Crippen molar-refractivity contribution >= 4 is 34.0 Å². The molecule has 0 spiro atoms. The van der Waals surface area contributed by atoms with Crippen molar-refractivity contribution in [3.63, 3.8) is 0 Å². The topological polar surface area (TPSA) is 33.2 Å². The average Bonchev–Trinajstić information content (AvgIpc) is 3.20. The summed E-state index contributed by atoms with van der Waals surface area (Å²) in [6.07, 6.45) is 2.04. The molecule has 1 amide bonds. The second-order valence-electron chi connectivity index (χ2n) is 4.88. The third-order valence-corrected chi connectivity index (χ3v) is 4.49. The molecule has 0 saturated heterocycles. The van der Waals surface area contributed by atoms with E-state index in [4.69, 9.17) is 11.6 Å². The molecule has 3 rings (SSSR count). The van der Waals surface area contributed by atoms with Crippen LogP contribution < -0.4 is 4.90 Å². The minimum absolute atomic E-state index is 0.213. The van der Waals surface area contributed by atoms with Crippen LogP contribution in [0.25, 0.3) is 11.3 Å². The lowest BCUT2D eigenvalue weighted by Gasteiger charge is -2.17. The molecule has 2 aromatic rings. The number of thiazole rings is 1. The normalized spacial score (nSPS) is 14.3. The number of rotatable bonds is 4. The summed E-state index contributed by atoms with van der Waals surface area (Å²) < 4.78 is 0. The fourth-order valence-electron chi connectivity index (χ4n) is 2.08. The standard InChI is InChI=1S/C15H15ClN2OS/c1-2-18(14(19)11-3-4-11)15-17-13(9-20-15)10-5-7-12(16)8-6-10/h5-9,11H,2-4H2,1H3. The van der Waals surface area contributed by atoms with E-state index in [1.807, 2.05) is 36.6 Å². The summed E-state index contributed by atoms with van der Waals surface area (Å²) in [7, 11) is 0. The molecule has 5 heteroatoms. The SMILES string of the molecule is CCN(C(=O)C1CC1)c1nc(-c2ccc(Cl)cc2)cs1. The van der Waals surface area contributed by atoms with E-state index in [0.29, 0.717) is 11.6 Å². The Morgan fingerprint density at radius 2 is 2.10 bits per heavy atom. The number of amides is 1. The Bertz CT molecular complexity index is 619. The molecule has 0 aliphatic heterocycles. The van der Waals surface area contributed by atoms with Gasteiger partial charge in [0, 0.05) is 28.4 Å². The highest BCUT2D eigenvalue weighted by Gasteiger charge is 2.34. The van der Waals surface area contributed by atoms with Crippen LogP contribution in [-0.2, 0) is 4.79 Å². The lowest BCUT2D eigenvalue weighted by Crippen LogP contribution is -2.31. The van der Waals surface area contributed by atoms with Crippen molar-refractivity contribution in [1.29, 1.82) is 0 Å². The van der Waals surface area contributed by atoms with Gasteiger partial charge in [0.25, 0.3) is 0 Å². The average molecular weight is 307 g/mol. The monoisotopic (exact) mass is 306 g/mol. The molecule has 1 saturated carbocycles. The molecule has 20 heavy (non-hydrogen) atoms. The van der Waals surface area contributed by atoms with Gasteiger partial charge in [0.1, 0.15) is 0 Å². The maximum absolute atomic E-state index is 12.2. The van der Waals surface area contributed by atoms with Crippen LogP contribution in [0.1, 0.15) is 19.8 Å². The molecule has 104 valence electrons. The van der Waals surface area contributed by atoms with Gasteiger partial charge in [-0.1, -0.05) is 23.7 Å². The molecule has 0 radical (unpaired) electrons. The molecule has 0 atom stereocenters. The van der Waals surface area contributed by atoms with Crippen LogP contribution in [0.5, 0.6) is 0 Å². The van der Waals surface area contributed by atoms with Gasteiger partial charge in [0.15, 0.2) is 5.13 Å². The predicted molar refractivity (Wildman–Crippen MR) is 83.3 cm³/mol. The quantitative estimate of drug-likeness (QED) is 0.847. The first kappa shape index (κ1) is 13.6. The fourth-order valence-corrected chi connectivity index (χ4v) is 3.11. The molecule has 0 unspecified atom stereocenters. The number of hydrogen-bond acceptors (Lipinski definition) is 3. The predicted octanol–water partition coefficient (Wildman–Crippen LogP) is 4.23. The lowest BCUT2D eigenvalue weighted by molar-refractivity contribution is -0.119. The van der Waals surface area contributed by atoms with Gasteiger partial charge in [0.05, 0.1) is 5.69 Å². The Morgan fingerprint density at radius 1 is 1.40 bits per heavy atom. The number of aromatic nitrogens is 1. The smallest absolute Gasteiger partial charge is 0.231 e. The third-order valence-electron chi connectivity index (χ3n) is 3.37. The lowest BCUT2D eigenvalue weighted by atomic mass is 10.2. The summed E-state index contributed by atoms with van der Waals surface area (Å²) in [5, 5.41) is 3.49. The van der Waals surface area contributed by atoms with Crippen molar-refractivity contribution in [2.45, 2.75) is 19.8 Å². The molecule has 1 heterocycles. The minimum atomic E-state index is 0.213. The van der Waals surface area contributed by atoms with Crippen molar-refractivity contribution in [2.75, 3.05) is 11.4 Å². The molecule has 0 N–H and O–H groups in total. The molecular formula is C15H15ClN2OS. The second-order valence-corrected chi connectivity index (χ2v) is 6.15. The Balaban J connectivity index is 1.84. The highest BCUT2D eigenvalue weighted by Crippen LogP contribution is 2.34. The zero-order valence-corrected chi connectivity index (χ0v) is 12.7. The first-order chi connectivity index (χ1) is 9.69. The summed E-state index contributed by atoms with van der Waals surface area (Å²) in [6, 6.07) is 7.59. The van der Waals surface area contributed by atoms with Gasteiger partial charge in [-0.3, -0.25) is 9.69 Å². The third kappa shape index (κ3) is 2.72. The molecule has 1 aromatic carbocycles. The van der Waals surface area contributed by atoms with Crippen LogP contribution >= 0.6 is 22.9 Å². The maximum Gasteiger partial charge on any atom is 0.231 e. The van der Waals surface area contributed by atoms with E-state index in [-0.39, 0.29) is 11.8 Å². The van der Waals surface area contributed by atoms with Gasteiger partial charge in [-0.05, 0) is 31.9 Å². The summed E-state index contributed by atoms with van der Waals surface area (Å²) in [5.74, 6) is 0.433. The maximum atomic E-state index is 12.2. The van der Waals surface area contributed by atoms with Crippen molar-refractivity contribution < 1.29 is 4.79 Å². The van der Waals surface area contributed by atoms with E-state index in [1.54, 1.807) is 4.90 Å². The van der Waals surface area contributed by atoms with Crippen LogP contribution in [0.3, 0.4) is 0 Å². The van der Waals surface area contributed by atoms with Gasteiger partial charge in [-0.2, -0.15) is 0 Å². The zero-order chi connectivity index (χ0) is 14.1. The van der Waals surface area contributed by atoms with Crippen molar-refractivity contribution in [1.82, 2.24) is 4.98 Å². The number of benzene rings is 1. The summed E-state index contributed by atoms with van der Waals surface area (Å²) in [6.45, 7) is 2.66. The van der Waals surface area contributed by atoms with E-state index in [0.717, 1.165) is 29.2 Å². The Hall–Kier alpha value is -1.39. The van der Waals surface area contributed by atoms with Crippen LogP contribution in [0, 0.1) is 5.92 Å². The molecule has 1 aliphatic carbocycles. The van der Waals surface area contributed by atoms with Crippen LogP contribution in [0.2, 0.25) is 5.02 Å². The first-order valence-corrected chi connectivity index (χ1v) is 7.97. The van der Waals surface area contributed by atoms with E-state index < -0.39 is 0 Å². The van der Waals surface area contributed by atoms with E-state index in [9.17, 15) is 4.79 Å². The molecular weight excluding hydrogens is 292 g/mol. The van der Waals surface area contributed by atoms with Crippen LogP contribution in [0.15, 0.2) is 29.6 Å². The van der Waals surface area contributed by atoms with Gasteiger partial charge < -0.3 is 0 Å². The second kappa shape index (κ2) is 5.54. The summed E-state index contributed by atoms with van der Waals surface area (Å²) in [4.78, 5) is 18.6. The number of anilines is 1. The number of carbonyl (C=O) groups excluding carboxylic acids is 1. The number of nitrogens with zero attached hydrogens (tertiary/aromatic N) is 2. The largest absolute Gasteiger partial charge is 0.288 e. The number of halogens is 1. The molecule has 3 nitrogen and oxygen atoms in total. The number of carbonyl (C=O) groups is 1. The molecule has 1 fully saturated rings. The van der Waals surface area contributed by atoms with Gasteiger partial charge in [0.2, 0.25) is 5.91 Å². The van der Waals surface area contributed by atoms with E-state index >= 15 is 0 Å².